The topological polar surface area (TPSA) is 72.6 Å². The SMILES string of the molecule is COCc1ccc(Cl)c(N(CCc2ccc(C(F)(F)F)cc2)C(=O)C(C(N)=O)c2ccccc2)c1. The van der Waals surface area contributed by atoms with Crippen molar-refractivity contribution in [3.8, 4) is 0 Å². The molecule has 35 heavy (non-hydrogen) atoms. The summed E-state index contributed by atoms with van der Waals surface area (Å²) in [5.74, 6) is -2.69. The van der Waals surface area contributed by atoms with E-state index < -0.39 is 29.5 Å². The molecule has 0 aliphatic rings. The summed E-state index contributed by atoms with van der Waals surface area (Å²) < 4.78 is 43.9. The summed E-state index contributed by atoms with van der Waals surface area (Å²) in [4.78, 5) is 27.4. The Morgan fingerprint density at radius 2 is 1.63 bits per heavy atom. The minimum atomic E-state index is -4.44. The van der Waals surface area contributed by atoms with Crippen molar-refractivity contribution >= 4 is 29.1 Å². The Morgan fingerprint density at radius 1 is 1.00 bits per heavy atom. The predicted octanol–water partition coefficient (Wildman–Crippen LogP) is 5.35. The molecule has 3 rings (SSSR count). The first-order valence-corrected chi connectivity index (χ1v) is 11.1. The second-order valence-corrected chi connectivity index (χ2v) is 8.31. The smallest absolute Gasteiger partial charge is 0.380 e. The summed E-state index contributed by atoms with van der Waals surface area (Å²) in [6, 6.07) is 18.1. The van der Waals surface area contributed by atoms with Gasteiger partial charge in [0.15, 0.2) is 0 Å². The number of halogens is 4. The second-order valence-electron chi connectivity index (χ2n) is 7.90. The zero-order valence-electron chi connectivity index (χ0n) is 18.9. The van der Waals surface area contributed by atoms with Gasteiger partial charge in [-0.1, -0.05) is 60.1 Å². The van der Waals surface area contributed by atoms with Crippen molar-refractivity contribution < 1.29 is 27.5 Å². The Bertz CT molecular complexity index is 1170. The first kappa shape index (κ1) is 26.2. The van der Waals surface area contributed by atoms with E-state index in [0.29, 0.717) is 16.8 Å². The van der Waals surface area contributed by atoms with Crippen LogP contribution >= 0.6 is 11.6 Å². The highest BCUT2D eigenvalue weighted by atomic mass is 35.5. The molecule has 0 saturated carbocycles. The molecule has 0 saturated heterocycles. The van der Waals surface area contributed by atoms with Crippen LogP contribution in [-0.2, 0) is 33.5 Å². The Morgan fingerprint density at radius 3 is 2.20 bits per heavy atom. The highest BCUT2D eigenvalue weighted by Crippen LogP contribution is 2.32. The van der Waals surface area contributed by atoms with Crippen molar-refractivity contribution in [3.05, 3.63) is 100 Å². The third-order valence-electron chi connectivity index (χ3n) is 5.45. The van der Waals surface area contributed by atoms with Crippen LogP contribution in [0.5, 0.6) is 0 Å². The predicted molar refractivity (Wildman–Crippen MR) is 128 cm³/mol. The normalized spacial score (nSPS) is 12.3. The summed E-state index contributed by atoms with van der Waals surface area (Å²) in [6.45, 7) is 0.319. The monoisotopic (exact) mass is 504 g/mol. The maximum absolute atomic E-state index is 13.7. The van der Waals surface area contributed by atoms with Gasteiger partial charge in [-0.3, -0.25) is 9.59 Å². The molecule has 3 aromatic rings. The van der Waals surface area contributed by atoms with Gasteiger partial charge in [0, 0.05) is 13.7 Å². The maximum atomic E-state index is 13.7. The fourth-order valence-corrected chi connectivity index (χ4v) is 3.92. The molecule has 0 heterocycles. The number of carbonyl (C=O) groups excluding carboxylic acids is 2. The number of primary amides is 1. The van der Waals surface area contributed by atoms with Crippen molar-refractivity contribution in [1.82, 2.24) is 0 Å². The molecule has 9 heteroatoms. The summed E-state index contributed by atoms with van der Waals surface area (Å²) in [5.41, 5.74) is 6.95. The van der Waals surface area contributed by atoms with Crippen molar-refractivity contribution in [1.29, 1.82) is 0 Å². The molecule has 5 nitrogen and oxygen atoms in total. The standard InChI is InChI=1S/C26H24ClF3N2O3/c1-35-16-18-9-12-21(27)22(15-18)32(14-13-17-7-10-20(11-8-17)26(28,29)30)25(34)23(24(31)33)19-5-3-2-4-6-19/h2-12,15,23H,13-14,16H2,1H3,(H2,31,33). The van der Waals surface area contributed by atoms with E-state index in [2.05, 4.69) is 0 Å². The lowest BCUT2D eigenvalue weighted by Gasteiger charge is -2.28. The molecule has 0 aliphatic heterocycles. The zero-order valence-corrected chi connectivity index (χ0v) is 19.6. The molecule has 0 spiro atoms. The number of rotatable bonds is 9. The Kier molecular flexibility index (Phi) is 8.53. The number of hydrogen-bond donors (Lipinski definition) is 1. The Balaban J connectivity index is 1.98. The quantitative estimate of drug-likeness (QED) is 0.399. The van der Waals surface area contributed by atoms with E-state index in [9.17, 15) is 22.8 Å². The lowest BCUT2D eigenvalue weighted by atomic mass is 9.96. The molecular formula is C26H24ClF3N2O3. The van der Waals surface area contributed by atoms with Crippen LogP contribution in [0.4, 0.5) is 18.9 Å². The molecule has 184 valence electrons. The third kappa shape index (κ3) is 6.61. The molecule has 0 bridgehead atoms. The Labute approximate surface area is 206 Å². The van der Waals surface area contributed by atoms with E-state index in [4.69, 9.17) is 22.1 Å². The number of carbonyl (C=O) groups is 2. The number of nitrogens with two attached hydrogens (primary N) is 1. The average Bonchev–Trinajstić information content (AvgIpc) is 2.81. The van der Waals surface area contributed by atoms with Crippen LogP contribution < -0.4 is 10.6 Å². The van der Waals surface area contributed by atoms with Crippen molar-refractivity contribution in [2.45, 2.75) is 25.1 Å². The number of benzene rings is 3. The van der Waals surface area contributed by atoms with E-state index >= 15 is 0 Å². The molecule has 0 aliphatic carbocycles. The fourth-order valence-electron chi connectivity index (χ4n) is 3.70. The zero-order chi connectivity index (χ0) is 25.6. The Hall–Kier alpha value is -3.36. The minimum absolute atomic E-state index is 0.0525. The fraction of sp³-hybridized carbons (Fsp3) is 0.231. The largest absolute Gasteiger partial charge is 0.416 e. The van der Waals surface area contributed by atoms with E-state index in [1.54, 1.807) is 48.5 Å². The number of methoxy groups -OCH3 is 1. The summed E-state index contributed by atoms with van der Waals surface area (Å²) >= 11 is 6.44. The number of amides is 2. The third-order valence-corrected chi connectivity index (χ3v) is 5.77. The number of ether oxygens (including phenoxy) is 1. The van der Waals surface area contributed by atoms with Gasteiger partial charge in [0.25, 0.3) is 0 Å². The van der Waals surface area contributed by atoms with Crippen molar-refractivity contribution in [2.24, 2.45) is 5.73 Å². The number of alkyl halides is 3. The second kappa shape index (κ2) is 11.4. The number of nitrogens with zero attached hydrogens (tertiary/aromatic N) is 1. The lowest BCUT2D eigenvalue weighted by molar-refractivity contribution is -0.137. The molecule has 0 aromatic heterocycles. The van der Waals surface area contributed by atoms with Crippen LogP contribution in [0.2, 0.25) is 5.02 Å². The minimum Gasteiger partial charge on any atom is -0.380 e. The van der Waals surface area contributed by atoms with Gasteiger partial charge < -0.3 is 15.4 Å². The van der Waals surface area contributed by atoms with Crippen molar-refractivity contribution in [3.63, 3.8) is 0 Å². The molecule has 0 radical (unpaired) electrons. The van der Waals surface area contributed by atoms with Gasteiger partial charge in [-0.05, 0) is 47.4 Å². The van der Waals surface area contributed by atoms with E-state index in [0.717, 1.165) is 17.7 Å². The molecular weight excluding hydrogens is 481 g/mol. The highest BCUT2D eigenvalue weighted by Gasteiger charge is 2.33. The summed E-state index contributed by atoms with van der Waals surface area (Å²) in [5, 5.41) is 0.266. The first-order valence-electron chi connectivity index (χ1n) is 10.7. The summed E-state index contributed by atoms with van der Waals surface area (Å²) in [7, 11) is 1.53. The molecule has 1 atom stereocenters. The van der Waals surface area contributed by atoms with Crippen molar-refractivity contribution in [2.75, 3.05) is 18.6 Å². The highest BCUT2D eigenvalue weighted by molar-refractivity contribution is 6.34. The average molecular weight is 505 g/mol. The lowest BCUT2D eigenvalue weighted by Crippen LogP contribution is -2.42. The van der Waals surface area contributed by atoms with Gasteiger partial charge >= 0.3 is 6.18 Å². The first-order chi connectivity index (χ1) is 16.6. The number of anilines is 1. The van der Waals surface area contributed by atoms with Crippen LogP contribution in [0, 0.1) is 0 Å². The molecule has 2 amide bonds. The van der Waals surface area contributed by atoms with Crippen LogP contribution in [-0.4, -0.2) is 25.5 Å². The molecule has 0 fully saturated rings. The van der Waals surface area contributed by atoms with Gasteiger partial charge in [-0.2, -0.15) is 13.2 Å². The molecule has 2 N–H and O–H groups in total. The van der Waals surface area contributed by atoms with E-state index in [1.165, 1.54) is 24.1 Å². The maximum Gasteiger partial charge on any atom is 0.416 e. The van der Waals surface area contributed by atoms with Crippen LogP contribution in [0.25, 0.3) is 0 Å². The van der Waals surface area contributed by atoms with E-state index in [1.807, 2.05) is 0 Å². The van der Waals surface area contributed by atoms with E-state index in [-0.39, 0.29) is 24.6 Å². The van der Waals surface area contributed by atoms with Gasteiger partial charge in [0.05, 0.1) is 22.9 Å². The van der Waals surface area contributed by atoms with Crippen LogP contribution in [0.15, 0.2) is 72.8 Å². The molecule has 1 unspecified atom stereocenters. The van der Waals surface area contributed by atoms with Crippen LogP contribution in [0.3, 0.4) is 0 Å². The van der Waals surface area contributed by atoms with Gasteiger partial charge in [0.1, 0.15) is 5.92 Å². The van der Waals surface area contributed by atoms with Crippen LogP contribution in [0.1, 0.15) is 28.2 Å². The summed E-state index contributed by atoms with van der Waals surface area (Å²) in [6.07, 6.45) is -4.23. The number of hydrogen-bond acceptors (Lipinski definition) is 3. The molecule has 3 aromatic carbocycles. The van der Waals surface area contributed by atoms with Gasteiger partial charge in [-0.15, -0.1) is 0 Å². The van der Waals surface area contributed by atoms with Gasteiger partial charge in [-0.25, -0.2) is 0 Å². The van der Waals surface area contributed by atoms with Gasteiger partial charge in [0.2, 0.25) is 11.8 Å².